The van der Waals surface area contributed by atoms with E-state index in [1.165, 1.54) is 6.33 Å². The lowest BCUT2D eigenvalue weighted by molar-refractivity contribution is -0.410. The summed E-state index contributed by atoms with van der Waals surface area (Å²) in [6.07, 6.45) is 1.38. The van der Waals surface area contributed by atoms with E-state index in [0.717, 1.165) is 0 Å². The third-order valence-electron chi connectivity index (χ3n) is 1.81. The maximum Gasteiger partial charge on any atom is 0.399 e. The van der Waals surface area contributed by atoms with Crippen LogP contribution in [0, 0.1) is 0 Å². The lowest BCUT2D eigenvalue weighted by Gasteiger charge is -2.06. The van der Waals surface area contributed by atoms with Crippen LogP contribution in [0.1, 0.15) is 0 Å². The first-order valence-corrected chi connectivity index (χ1v) is 9.84. The molecule has 0 unspecified atom stereocenters. The first-order chi connectivity index (χ1) is 8.64. The van der Waals surface area contributed by atoms with Gasteiger partial charge in [0.05, 0.1) is 6.33 Å². The Morgan fingerprint density at radius 3 is 2.58 bits per heavy atom. The number of rotatable bonds is 4. The fourth-order valence-corrected chi connectivity index (χ4v) is 3.65. The van der Waals surface area contributed by atoms with Crippen LogP contribution in [0.15, 0.2) is 11.4 Å². The fraction of sp³-hybridized carbons (Fsp3) is 0. The van der Waals surface area contributed by atoms with E-state index in [4.69, 9.17) is 22.0 Å². The second-order valence-corrected chi connectivity index (χ2v) is 9.36. The molecule has 0 aromatic carbocycles. The monoisotopic (exact) mass is 324 g/mol. The average molecular weight is 324 g/mol. The summed E-state index contributed by atoms with van der Waals surface area (Å²) >= 11 is 0.708. The molecule has 0 radical (unpaired) electrons. The van der Waals surface area contributed by atoms with Crippen molar-refractivity contribution in [2.75, 3.05) is 5.09 Å². The molecular formula is C5H12N9O2P2S+. The Bertz CT molecular complexity index is 704. The number of aromatic amines is 2. The van der Waals surface area contributed by atoms with Gasteiger partial charge < -0.3 is 4.98 Å². The van der Waals surface area contributed by atoms with Gasteiger partial charge in [0.25, 0.3) is 12.3 Å². The van der Waals surface area contributed by atoms with Crippen LogP contribution in [-0.2, 0) is 9.13 Å². The first kappa shape index (κ1) is 14.4. The van der Waals surface area contributed by atoms with Crippen molar-refractivity contribution in [3.8, 4) is 0 Å². The molecule has 2 aromatic rings. The molecule has 0 fully saturated rings. The Kier molecular flexibility index (Phi) is 3.67. The molecular weight excluding hydrogens is 312 g/mol. The lowest BCUT2D eigenvalue weighted by Crippen LogP contribution is -2.22. The molecule has 0 atom stereocenters. The van der Waals surface area contributed by atoms with E-state index in [9.17, 15) is 9.13 Å². The summed E-state index contributed by atoms with van der Waals surface area (Å²) < 4.78 is 22.8. The SMILES string of the molecule is NP(N)(=O)Nc1nc2nc[nH]c2c(SP(N)(N)=O)[nH+]1. The molecule has 19 heavy (non-hydrogen) atoms. The zero-order chi connectivity index (χ0) is 14.3. The molecule has 14 heteroatoms. The number of nitrogens with zero attached hydrogens (tertiary/aromatic N) is 2. The molecule has 0 amide bonds. The van der Waals surface area contributed by atoms with Gasteiger partial charge in [0, 0.05) is 11.4 Å². The van der Waals surface area contributed by atoms with Crippen LogP contribution >= 0.6 is 25.6 Å². The van der Waals surface area contributed by atoms with E-state index in [0.29, 0.717) is 21.9 Å². The Morgan fingerprint density at radius 2 is 2.00 bits per heavy atom. The highest BCUT2D eigenvalue weighted by Crippen LogP contribution is 2.48. The molecule has 0 aliphatic heterocycles. The Balaban J connectivity index is 2.51. The minimum Gasteiger partial charge on any atom is -0.339 e. The average Bonchev–Trinajstić information content (AvgIpc) is 2.59. The van der Waals surface area contributed by atoms with Gasteiger partial charge in [0.1, 0.15) is 5.52 Å². The number of anilines is 1. The number of fused-ring (bicyclic) bond motifs is 1. The number of hydrogen-bond donors (Lipinski definition) is 6. The van der Waals surface area contributed by atoms with Gasteiger partial charge >= 0.3 is 13.5 Å². The largest absolute Gasteiger partial charge is 0.399 e. The molecule has 0 saturated carbocycles. The minimum atomic E-state index is -3.54. The highest BCUT2D eigenvalue weighted by Gasteiger charge is 2.24. The smallest absolute Gasteiger partial charge is 0.339 e. The molecule has 0 aliphatic rings. The Morgan fingerprint density at radius 1 is 1.32 bits per heavy atom. The maximum absolute atomic E-state index is 11.5. The van der Waals surface area contributed by atoms with Crippen molar-refractivity contribution in [2.24, 2.45) is 22.0 Å². The number of aromatic nitrogens is 4. The molecule has 2 heterocycles. The van der Waals surface area contributed by atoms with E-state index in [1.54, 1.807) is 0 Å². The predicted octanol–water partition coefficient (Wildman–Crippen LogP) is -0.673. The highest BCUT2D eigenvalue weighted by molar-refractivity contribution is 8.56. The van der Waals surface area contributed by atoms with Gasteiger partial charge in [-0.1, -0.05) is 0 Å². The maximum atomic E-state index is 11.5. The van der Waals surface area contributed by atoms with Gasteiger partial charge in [0.15, 0.2) is 5.03 Å². The van der Waals surface area contributed by atoms with E-state index in [-0.39, 0.29) is 11.6 Å². The molecule has 0 saturated heterocycles. The van der Waals surface area contributed by atoms with Crippen molar-refractivity contribution in [3.05, 3.63) is 6.33 Å². The van der Waals surface area contributed by atoms with Crippen LogP contribution in [-0.4, -0.2) is 15.0 Å². The van der Waals surface area contributed by atoms with Gasteiger partial charge in [-0.15, -0.1) is 0 Å². The number of H-pyrrole nitrogens is 2. The molecule has 0 aliphatic carbocycles. The second kappa shape index (κ2) is 4.84. The topological polar surface area (TPSA) is 206 Å². The number of nitrogens with two attached hydrogens (primary N) is 4. The van der Waals surface area contributed by atoms with Gasteiger partial charge in [0.2, 0.25) is 0 Å². The van der Waals surface area contributed by atoms with Crippen molar-refractivity contribution in [1.82, 2.24) is 15.0 Å². The summed E-state index contributed by atoms with van der Waals surface area (Å²) in [5.74, 6) is 0.00360. The van der Waals surface area contributed by atoms with Crippen LogP contribution in [0.25, 0.3) is 11.2 Å². The standard InChI is InChI=1S/C5H11N9O2P2S/c6-17(7,15)14-5-12-3-2(10-1-11-3)4(13-5)19-18(8,9)16/h1H,(H4,8,9,16)(H6,6,7,10,11,12,13,14,15)/p+1. The minimum absolute atomic E-state index is 0.00360. The summed E-state index contributed by atoms with van der Waals surface area (Å²) in [4.78, 5) is 13.4. The van der Waals surface area contributed by atoms with Crippen LogP contribution < -0.4 is 32.1 Å². The normalized spacial score (nSPS) is 12.8. The van der Waals surface area contributed by atoms with Crippen molar-refractivity contribution in [2.45, 2.75) is 5.03 Å². The third kappa shape index (κ3) is 3.98. The molecule has 0 spiro atoms. The summed E-state index contributed by atoms with van der Waals surface area (Å²) in [5, 5.41) is 2.61. The van der Waals surface area contributed by atoms with E-state index in [2.05, 4.69) is 25.0 Å². The van der Waals surface area contributed by atoms with E-state index in [1.807, 2.05) is 0 Å². The van der Waals surface area contributed by atoms with Crippen molar-refractivity contribution in [1.29, 1.82) is 0 Å². The highest BCUT2D eigenvalue weighted by atomic mass is 32.7. The van der Waals surface area contributed by atoms with Gasteiger partial charge in [-0.2, -0.15) is 0 Å². The molecule has 0 bridgehead atoms. The molecule has 2 aromatic heterocycles. The molecule has 104 valence electrons. The van der Waals surface area contributed by atoms with Gasteiger partial charge in [-0.25, -0.2) is 30.6 Å². The molecule has 11 nitrogen and oxygen atoms in total. The summed E-state index contributed by atoms with van der Waals surface area (Å²) in [6, 6.07) is 0. The molecule has 2 rings (SSSR count). The number of nitrogens with one attached hydrogen (secondary N) is 3. The van der Waals surface area contributed by atoms with E-state index >= 15 is 0 Å². The number of imidazole rings is 1. The summed E-state index contributed by atoms with van der Waals surface area (Å²) in [5.41, 5.74) is 21.7. The zero-order valence-corrected chi connectivity index (χ0v) is 12.0. The first-order valence-electron chi connectivity index (χ1n) is 4.73. The van der Waals surface area contributed by atoms with Crippen LogP contribution in [0.5, 0.6) is 0 Å². The zero-order valence-electron chi connectivity index (χ0n) is 9.40. The number of hydrogen-bond acceptors (Lipinski definition) is 5. The Labute approximate surface area is 111 Å². The van der Waals surface area contributed by atoms with Crippen LogP contribution in [0.2, 0.25) is 0 Å². The third-order valence-corrected chi connectivity index (χ3v) is 4.55. The lowest BCUT2D eigenvalue weighted by atomic mass is 10.5. The summed E-state index contributed by atoms with van der Waals surface area (Å²) in [7, 11) is -3.54. The fourth-order valence-electron chi connectivity index (χ4n) is 1.27. The van der Waals surface area contributed by atoms with Crippen molar-refractivity contribution < 1.29 is 14.1 Å². The van der Waals surface area contributed by atoms with Gasteiger partial charge in [-0.3, -0.25) is 15.6 Å². The predicted molar refractivity (Wildman–Crippen MR) is 71.9 cm³/mol. The second-order valence-electron chi connectivity index (χ2n) is 3.57. The van der Waals surface area contributed by atoms with Crippen molar-refractivity contribution in [3.63, 3.8) is 0 Å². The Hall–Kier alpha value is -1.000. The van der Waals surface area contributed by atoms with Crippen molar-refractivity contribution >= 4 is 42.7 Å². The van der Waals surface area contributed by atoms with E-state index < -0.39 is 14.2 Å². The van der Waals surface area contributed by atoms with Crippen LogP contribution in [0.3, 0.4) is 0 Å². The quantitative estimate of drug-likeness (QED) is 0.308. The summed E-state index contributed by atoms with van der Waals surface area (Å²) in [6.45, 7) is -3.39. The van der Waals surface area contributed by atoms with Crippen LogP contribution in [0.4, 0.5) is 5.95 Å². The molecule has 11 N–H and O–H groups in total. The van der Waals surface area contributed by atoms with Gasteiger partial charge in [-0.05, 0) is 4.98 Å².